The Morgan fingerprint density at radius 2 is 1.96 bits per heavy atom. The van der Waals surface area contributed by atoms with Gasteiger partial charge in [-0.2, -0.15) is 5.26 Å². The summed E-state index contributed by atoms with van der Waals surface area (Å²) in [5.74, 6) is 0.552. The van der Waals surface area contributed by atoms with Crippen LogP contribution in [0.4, 0.5) is 5.13 Å². The molecule has 1 amide bonds. The van der Waals surface area contributed by atoms with E-state index in [1.165, 1.54) is 11.3 Å². The Kier molecular flexibility index (Phi) is 5.66. The van der Waals surface area contributed by atoms with Crippen molar-refractivity contribution >= 4 is 34.1 Å². The van der Waals surface area contributed by atoms with E-state index in [1.54, 1.807) is 30.0 Å². The normalized spacial score (nSPS) is 10.3. The first-order valence-corrected chi connectivity index (χ1v) is 9.70. The summed E-state index contributed by atoms with van der Waals surface area (Å²) in [5, 5.41) is 20.3. The van der Waals surface area contributed by atoms with Gasteiger partial charge in [0.1, 0.15) is 0 Å². The number of aromatic nitrogens is 2. The minimum absolute atomic E-state index is 0.175. The number of benzene rings is 2. The Bertz CT molecular complexity index is 974. The van der Waals surface area contributed by atoms with E-state index in [-0.39, 0.29) is 5.91 Å². The Balaban J connectivity index is 1.61. The van der Waals surface area contributed by atoms with Crippen molar-refractivity contribution in [1.29, 1.82) is 5.26 Å². The number of aryl methyl sites for hydroxylation is 1. The molecule has 130 valence electrons. The van der Waals surface area contributed by atoms with E-state index in [1.807, 2.05) is 38.1 Å². The molecule has 0 aliphatic carbocycles. The number of nitriles is 1. The molecule has 0 radical (unpaired) electrons. The first-order valence-electron chi connectivity index (χ1n) is 7.89. The van der Waals surface area contributed by atoms with Crippen LogP contribution in [0.2, 0.25) is 0 Å². The average Bonchev–Trinajstić information content (AvgIpc) is 3.10. The molecule has 3 rings (SSSR count). The molecule has 0 atom stereocenters. The van der Waals surface area contributed by atoms with Crippen LogP contribution < -0.4 is 5.32 Å². The standard InChI is InChI=1S/C19H16N4OS2/c1-12-4-3-5-16(13(12)2)17(24)21-18-22-23-19(26-18)25-11-15-8-6-14(10-20)7-9-15/h3-9H,11H2,1-2H3,(H,21,22,24). The minimum atomic E-state index is -0.175. The molecule has 0 bridgehead atoms. The molecule has 0 saturated carbocycles. The van der Waals surface area contributed by atoms with Gasteiger partial charge in [0.2, 0.25) is 5.13 Å². The summed E-state index contributed by atoms with van der Waals surface area (Å²) in [7, 11) is 0. The Labute approximate surface area is 160 Å². The van der Waals surface area contributed by atoms with Crippen LogP contribution in [-0.2, 0) is 5.75 Å². The maximum absolute atomic E-state index is 12.4. The highest BCUT2D eigenvalue weighted by molar-refractivity contribution is 8.00. The highest BCUT2D eigenvalue weighted by atomic mass is 32.2. The number of nitrogens with zero attached hydrogens (tertiary/aromatic N) is 3. The zero-order valence-electron chi connectivity index (χ0n) is 14.3. The van der Waals surface area contributed by atoms with Crippen molar-refractivity contribution in [3.05, 3.63) is 70.3 Å². The van der Waals surface area contributed by atoms with Gasteiger partial charge >= 0.3 is 0 Å². The lowest BCUT2D eigenvalue weighted by Gasteiger charge is -2.07. The summed E-state index contributed by atoms with van der Waals surface area (Å²) in [6, 6.07) is 15.2. The summed E-state index contributed by atoms with van der Waals surface area (Å²) in [5.41, 5.74) is 4.43. The number of thioether (sulfide) groups is 1. The van der Waals surface area contributed by atoms with Crippen molar-refractivity contribution < 1.29 is 4.79 Å². The lowest BCUT2D eigenvalue weighted by Crippen LogP contribution is -2.13. The van der Waals surface area contributed by atoms with Gasteiger partial charge in [-0.3, -0.25) is 10.1 Å². The third kappa shape index (κ3) is 4.28. The summed E-state index contributed by atoms with van der Waals surface area (Å²) in [6.45, 7) is 3.91. The van der Waals surface area contributed by atoms with Gasteiger partial charge in [-0.05, 0) is 48.7 Å². The molecule has 0 spiro atoms. The Morgan fingerprint density at radius 3 is 2.69 bits per heavy atom. The molecule has 5 nitrogen and oxygen atoms in total. The van der Waals surface area contributed by atoms with Crippen molar-refractivity contribution in [2.75, 3.05) is 5.32 Å². The van der Waals surface area contributed by atoms with Gasteiger partial charge in [-0.15, -0.1) is 10.2 Å². The number of carbonyl (C=O) groups is 1. The van der Waals surface area contributed by atoms with Crippen molar-refractivity contribution in [2.45, 2.75) is 23.9 Å². The van der Waals surface area contributed by atoms with Gasteiger partial charge in [0.05, 0.1) is 11.6 Å². The topological polar surface area (TPSA) is 78.7 Å². The maximum Gasteiger partial charge on any atom is 0.257 e. The number of amides is 1. The summed E-state index contributed by atoms with van der Waals surface area (Å²) in [6.07, 6.45) is 0. The molecule has 0 aliphatic heterocycles. The molecule has 3 aromatic rings. The molecule has 0 unspecified atom stereocenters. The molecule has 7 heteroatoms. The first kappa shape index (κ1) is 18.1. The van der Waals surface area contributed by atoms with Gasteiger partial charge in [-0.1, -0.05) is 47.4 Å². The van der Waals surface area contributed by atoms with Crippen molar-refractivity contribution in [3.63, 3.8) is 0 Å². The van der Waals surface area contributed by atoms with Crippen LogP contribution in [0.3, 0.4) is 0 Å². The fourth-order valence-electron chi connectivity index (χ4n) is 2.30. The SMILES string of the molecule is Cc1cccc(C(=O)Nc2nnc(SCc3ccc(C#N)cc3)s2)c1C. The Hall–Kier alpha value is -2.69. The second-order valence-corrected chi connectivity index (χ2v) is 7.87. The average molecular weight is 380 g/mol. The van der Waals surface area contributed by atoms with Crippen LogP contribution in [0.15, 0.2) is 46.8 Å². The number of rotatable bonds is 5. The Morgan fingerprint density at radius 1 is 1.19 bits per heavy atom. The third-order valence-corrected chi connectivity index (χ3v) is 5.96. The molecule has 0 aliphatic rings. The summed E-state index contributed by atoms with van der Waals surface area (Å²) in [4.78, 5) is 12.4. The molecule has 0 saturated heterocycles. The third-order valence-electron chi connectivity index (χ3n) is 3.92. The first-order chi connectivity index (χ1) is 12.6. The zero-order valence-corrected chi connectivity index (χ0v) is 15.9. The van der Waals surface area contributed by atoms with Gasteiger partial charge in [-0.25, -0.2) is 0 Å². The second kappa shape index (κ2) is 8.13. The fraction of sp³-hybridized carbons (Fsp3) is 0.158. The monoisotopic (exact) mass is 380 g/mol. The van der Waals surface area contributed by atoms with Crippen LogP contribution in [0, 0.1) is 25.2 Å². The highest BCUT2D eigenvalue weighted by Gasteiger charge is 2.13. The van der Waals surface area contributed by atoms with Crippen LogP contribution in [-0.4, -0.2) is 16.1 Å². The number of anilines is 1. The smallest absolute Gasteiger partial charge is 0.257 e. The van der Waals surface area contributed by atoms with Gasteiger partial charge in [0.25, 0.3) is 5.91 Å². The molecule has 0 fully saturated rings. The van der Waals surface area contributed by atoms with Gasteiger partial charge < -0.3 is 0 Å². The van der Waals surface area contributed by atoms with Crippen molar-refractivity contribution in [1.82, 2.24) is 10.2 Å². The lowest BCUT2D eigenvalue weighted by atomic mass is 10.0. The quantitative estimate of drug-likeness (QED) is 0.518. The predicted molar refractivity (Wildman–Crippen MR) is 104 cm³/mol. The van der Waals surface area contributed by atoms with Gasteiger partial charge in [0.15, 0.2) is 4.34 Å². The van der Waals surface area contributed by atoms with E-state index in [0.717, 1.165) is 26.8 Å². The number of hydrogen-bond donors (Lipinski definition) is 1. The molecule has 1 aromatic heterocycles. The molecule has 2 aromatic carbocycles. The minimum Gasteiger partial charge on any atom is -0.296 e. The largest absolute Gasteiger partial charge is 0.296 e. The molecule has 1 heterocycles. The summed E-state index contributed by atoms with van der Waals surface area (Å²) < 4.78 is 0.783. The van der Waals surface area contributed by atoms with Gasteiger partial charge in [0, 0.05) is 11.3 Å². The maximum atomic E-state index is 12.4. The van der Waals surface area contributed by atoms with E-state index in [2.05, 4.69) is 21.6 Å². The number of carbonyl (C=O) groups excluding carboxylic acids is 1. The van der Waals surface area contributed by atoms with Crippen molar-refractivity contribution in [2.24, 2.45) is 0 Å². The fourth-order valence-corrected chi connectivity index (χ4v) is 4.00. The molecular formula is C19H16N4OS2. The van der Waals surface area contributed by atoms with Crippen molar-refractivity contribution in [3.8, 4) is 6.07 Å². The molecule has 26 heavy (non-hydrogen) atoms. The number of hydrogen-bond acceptors (Lipinski definition) is 6. The van der Waals surface area contributed by atoms with Crippen LogP contribution in [0.1, 0.15) is 32.6 Å². The molecule has 1 N–H and O–H groups in total. The van der Waals surface area contributed by atoms with Crippen LogP contribution >= 0.6 is 23.1 Å². The summed E-state index contributed by atoms with van der Waals surface area (Å²) >= 11 is 2.90. The van der Waals surface area contributed by atoms with E-state index >= 15 is 0 Å². The highest BCUT2D eigenvalue weighted by Crippen LogP contribution is 2.28. The van der Waals surface area contributed by atoms with Crippen LogP contribution in [0.5, 0.6) is 0 Å². The van der Waals surface area contributed by atoms with E-state index in [4.69, 9.17) is 5.26 Å². The number of nitrogens with one attached hydrogen (secondary N) is 1. The van der Waals surface area contributed by atoms with E-state index in [9.17, 15) is 4.79 Å². The molecular weight excluding hydrogens is 364 g/mol. The van der Waals surface area contributed by atoms with E-state index < -0.39 is 0 Å². The zero-order chi connectivity index (χ0) is 18.5. The van der Waals surface area contributed by atoms with E-state index in [0.29, 0.717) is 16.3 Å². The van der Waals surface area contributed by atoms with Crippen LogP contribution in [0.25, 0.3) is 0 Å². The predicted octanol–water partition coefficient (Wildman–Crippen LogP) is 4.57. The lowest BCUT2D eigenvalue weighted by molar-refractivity contribution is 0.102. The second-order valence-electron chi connectivity index (χ2n) is 5.67.